The first-order chi connectivity index (χ1) is 15.3. The second-order valence-corrected chi connectivity index (χ2v) is 9.92. The smallest absolute Gasteiger partial charge is 0.345 e. The number of benzene rings is 1. The normalized spacial score (nSPS) is 31.4. The minimum absolute atomic E-state index is 0.107. The number of ether oxygens (including phenoxy) is 1. The number of nitrogens with zero attached hydrogens (tertiary/aromatic N) is 2. The van der Waals surface area contributed by atoms with Gasteiger partial charge in [0, 0.05) is 22.9 Å². The summed E-state index contributed by atoms with van der Waals surface area (Å²) in [6, 6.07) is 5.96. The molecule has 0 radical (unpaired) electrons. The number of guanidine groups is 1. The fourth-order valence-electron chi connectivity index (χ4n) is 5.87. The van der Waals surface area contributed by atoms with Crippen LogP contribution < -0.4 is 5.73 Å². The second kappa shape index (κ2) is 7.55. The van der Waals surface area contributed by atoms with E-state index in [2.05, 4.69) is 17.9 Å². The van der Waals surface area contributed by atoms with Gasteiger partial charge in [-0.15, -0.1) is 0 Å². The van der Waals surface area contributed by atoms with Crippen LogP contribution in [-0.2, 0) is 21.5 Å². The zero-order valence-electron chi connectivity index (χ0n) is 18.5. The maximum atomic E-state index is 14.0. The summed E-state index contributed by atoms with van der Waals surface area (Å²) in [6.45, 7) is 1.06. The van der Waals surface area contributed by atoms with E-state index in [4.69, 9.17) is 15.5 Å². The number of nitrogens with two attached hydrogens (primary N) is 1. The minimum Gasteiger partial charge on any atom is -0.369 e. The number of fused-ring (bicyclic) bond motifs is 3. The van der Waals surface area contributed by atoms with Gasteiger partial charge in [0.1, 0.15) is 0 Å². The molecule has 2 N–H and O–H groups in total. The van der Waals surface area contributed by atoms with Crippen LogP contribution in [0.4, 0.5) is 8.78 Å². The Kier molecular flexibility index (Phi) is 5.05. The number of aliphatic imine (C=N–C) groups is 1. The first-order valence-corrected chi connectivity index (χ1v) is 11.5. The third-order valence-electron chi connectivity index (χ3n) is 7.55. The summed E-state index contributed by atoms with van der Waals surface area (Å²) in [5, 5.41) is 0. The third kappa shape index (κ3) is 3.23. The van der Waals surface area contributed by atoms with E-state index >= 15 is 0 Å². The van der Waals surface area contributed by atoms with E-state index in [0.29, 0.717) is 38.0 Å². The molecular weight excluding hydrogens is 412 g/mol. The van der Waals surface area contributed by atoms with Gasteiger partial charge < -0.3 is 10.5 Å². The predicted molar refractivity (Wildman–Crippen MR) is 117 cm³/mol. The van der Waals surface area contributed by atoms with Crippen LogP contribution in [0.5, 0.6) is 0 Å². The van der Waals surface area contributed by atoms with E-state index < -0.39 is 23.7 Å². The lowest BCUT2D eigenvalue weighted by Gasteiger charge is -2.45. The van der Waals surface area contributed by atoms with Crippen LogP contribution in [-0.4, -0.2) is 35.5 Å². The van der Waals surface area contributed by atoms with Gasteiger partial charge in [0.05, 0.1) is 6.10 Å². The average molecular weight is 442 g/mol. The molecule has 1 amide bonds. The van der Waals surface area contributed by atoms with Gasteiger partial charge in [-0.25, -0.2) is 4.99 Å². The van der Waals surface area contributed by atoms with E-state index in [0.717, 1.165) is 29.5 Å². The number of halogens is 2. The first kappa shape index (κ1) is 21.4. The lowest BCUT2D eigenvalue weighted by atomic mass is 9.61. The number of carbonyl (C=O) groups is 1. The van der Waals surface area contributed by atoms with E-state index in [-0.39, 0.29) is 17.9 Å². The van der Waals surface area contributed by atoms with Crippen LogP contribution in [0.2, 0.25) is 0 Å². The Hall–Kier alpha value is -2.46. The average Bonchev–Trinajstić information content (AvgIpc) is 3.47. The fraction of sp³-hybridized carbons (Fsp3) is 0.600. The van der Waals surface area contributed by atoms with Gasteiger partial charge in [0.25, 0.3) is 5.91 Å². The van der Waals surface area contributed by atoms with Crippen LogP contribution in [0.15, 0.2) is 23.2 Å². The third-order valence-corrected chi connectivity index (χ3v) is 7.55. The van der Waals surface area contributed by atoms with Crippen LogP contribution in [0.1, 0.15) is 69.1 Å². The van der Waals surface area contributed by atoms with Gasteiger partial charge in [-0.1, -0.05) is 17.9 Å². The van der Waals surface area contributed by atoms with Crippen LogP contribution in [0, 0.1) is 23.2 Å². The lowest BCUT2D eigenvalue weighted by Crippen LogP contribution is -2.53. The molecule has 5 nitrogen and oxygen atoms in total. The summed E-state index contributed by atoms with van der Waals surface area (Å²) in [6.07, 6.45) is 4.57. The highest BCUT2D eigenvalue weighted by molar-refractivity contribution is 6.08. The van der Waals surface area contributed by atoms with Gasteiger partial charge in [-0.05, 0) is 82.1 Å². The molecule has 1 aliphatic heterocycles. The Balaban J connectivity index is 1.58. The number of hydrogen-bond acceptors (Lipinski definition) is 4. The molecule has 0 bridgehead atoms. The molecule has 0 aromatic heterocycles. The molecule has 2 spiro atoms. The van der Waals surface area contributed by atoms with Gasteiger partial charge in [-0.2, -0.15) is 8.78 Å². The van der Waals surface area contributed by atoms with E-state index in [1.54, 1.807) is 4.90 Å². The molecule has 3 aliphatic carbocycles. The van der Waals surface area contributed by atoms with Gasteiger partial charge in [0.15, 0.2) is 11.5 Å². The Morgan fingerprint density at radius 2 is 1.94 bits per heavy atom. The number of hydrogen-bond donors (Lipinski definition) is 1. The Bertz CT molecular complexity index is 1030. The molecule has 2 saturated carbocycles. The van der Waals surface area contributed by atoms with Crippen molar-refractivity contribution in [1.29, 1.82) is 0 Å². The maximum Gasteiger partial charge on any atom is 0.345 e. The summed E-state index contributed by atoms with van der Waals surface area (Å²) in [7, 11) is 0. The molecule has 1 unspecified atom stereocenters. The topological polar surface area (TPSA) is 67.9 Å². The molecular formula is C25H29F2N3O2. The zero-order chi connectivity index (χ0) is 22.7. The minimum atomic E-state index is -2.78. The van der Waals surface area contributed by atoms with Crippen molar-refractivity contribution in [3.8, 4) is 11.8 Å². The molecule has 1 atom stereocenters. The Morgan fingerprint density at radius 3 is 2.53 bits per heavy atom. The summed E-state index contributed by atoms with van der Waals surface area (Å²) in [4.78, 5) is 20.5. The highest BCUT2D eigenvalue weighted by Crippen LogP contribution is 2.62. The monoisotopic (exact) mass is 441 g/mol. The van der Waals surface area contributed by atoms with E-state index in [1.165, 1.54) is 0 Å². The number of amides is 1. The molecule has 170 valence electrons. The van der Waals surface area contributed by atoms with Crippen LogP contribution in [0.3, 0.4) is 0 Å². The van der Waals surface area contributed by atoms with Crippen molar-refractivity contribution in [2.45, 2.75) is 83.1 Å². The van der Waals surface area contributed by atoms with E-state index in [1.807, 2.05) is 26.0 Å². The first-order valence-electron chi connectivity index (χ1n) is 11.5. The number of alkyl halides is 2. The highest BCUT2D eigenvalue weighted by atomic mass is 19.3. The summed E-state index contributed by atoms with van der Waals surface area (Å²) in [5.41, 5.74) is 7.53. The van der Waals surface area contributed by atoms with Crippen molar-refractivity contribution in [3.05, 3.63) is 34.9 Å². The molecule has 2 fully saturated rings. The molecule has 32 heavy (non-hydrogen) atoms. The van der Waals surface area contributed by atoms with E-state index in [9.17, 15) is 13.6 Å². The molecule has 1 aromatic rings. The summed E-state index contributed by atoms with van der Waals surface area (Å²) < 4.78 is 30.4. The predicted octanol–water partition coefficient (Wildman–Crippen LogP) is 3.93. The van der Waals surface area contributed by atoms with Crippen molar-refractivity contribution < 1.29 is 18.3 Å². The van der Waals surface area contributed by atoms with Crippen molar-refractivity contribution >= 4 is 11.9 Å². The van der Waals surface area contributed by atoms with Crippen molar-refractivity contribution in [2.75, 3.05) is 0 Å². The van der Waals surface area contributed by atoms with Gasteiger partial charge in [0.2, 0.25) is 0 Å². The van der Waals surface area contributed by atoms with Crippen molar-refractivity contribution in [1.82, 2.24) is 4.90 Å². The molecule has 7 heteroatoms. The molecule has 5 rings (SSSR count). The molecule has 1 heterocycles. The molecule has 1 aromatic carbocycles. The van der Waals surface area contributed by atoms with Gasteiger partial charge >= 0.3 is 6.61 Å². The number of carbonyl (C=O) groups excluding carboxylic acids is 1. The second-order valence-electron chi connectivity index (χ2n) is 9.92. The SMILES string of the molecule is CC(C)N1C(=O)C2(N=C1N)c1cc(C#CC3CC3)ccc1CC21CCC(OC(F)F)CC1. The molecule has 0 saturated heterocycles. The largest absolute Gasteiger partial charge is 0.369 e. The quantitative estimate of drug-likeness (QED) is 0.723. The maximum absolute atomic E-state index is 14.0. The summed E-state index contributed by atoms with van der Waals surface area (Å²) >= 11 is 0. The highest BCUT2D eigenvalue weighted by Gasteiger charge is 2.67. The zero-order valence-corrected chi connectivity index (χ0v) is 18.5. The van der Waals surface area contributed by atoms with Crippen LogP contribution >= 0.6 is 0 Å². The molecule has 4 aliphatic rings. The van der Waals surface area contributed by atoms with Gasteiger partial charge in [-0.3, -0.25) is 9.69 Å². The standard InChI is InChI=1S/C25H29F2N3O2/c1-15(2)30-21(31)25(29-23(30)28)20-13-17(6-5-16-3-4-16)7-8-18(20)14-24(25)11-9-19(10-12-24)32-22(26)27/h7-8,13,15-16,19,22H,3-4,9-12,14H2,1-2H3,(H2,28,29). The summed E-state index contributed by atoms with van der Waals surface area (Å²) in [5.74, 6) is 7.16. The van der Waals surface area contributed by atoms with Crippen molar-refractivity contribution in [2.24, 2.45) is 22.1 Å². The fourth-order valence-corrected chi connectivity index (χ4v) is 5.87. The Morgan fingerprint density at radius 1 is 1.22 bits per heavy atom. The Labute approximate surface area is 187 Å². The number of rotatable bonds is 3. The van der Waals surface area contributed by atoms with Crippen LogP contribution in [0.25, 0.3) is 0 Å². The lowest BCUT2D eigenvalue weighted by molar-refractivity contribution is -0.179. The van der Waals surface area contributed by atoms with Crippen molar-refractivity contribution in [3.63, 3.8) is 0 Å².